The minimum Gasteiger partial charge on any atom is -0.464 e. The van der Waals surface area contributed by atoms with Crippen molar-refractivity contribution in [1.29, 1.82) is 0 Å². The second-order valence-corrected chi connectivity index (χ2v) is 7.65. The van der Waals surface area contributed by atoms with Gasteiger partial charge in [0, 0.05) is 12.5 Å². The molecule has 2 saturated carbocycles. The summed E-state index contributed by atoms with van der Waals surface area (Å²) in [6, 6.07) is 10.3. The Morgan fingerprint density at radius 3 is 2.35 bits per heavy atom. The van der Waals surface area contributed by atoms with Gasteiger partial charge >= 0.3 is 5.97 Å². The molecule has 4 heteroatoms. The molecule has 0 heterocycles. The van der Waals surface area contributed by atoms with Gasteiger partial charge in [0.25, 0.3) is 0 Å². The maximum Gasteiger partial charge on any atom is 0.332 e. The van der Waals surface area contributed by atoms with Crippen LogP contribution in [0, 0.1) is 0 Å². The van der Waals surface area contributed by atoms with Crippen molar-refractivity contribution in [3.63, 3.8) is 0 Å². The summed E-state index contributed by atoms with van der Waals surface area (Å²) in [7, 11) is 0. The minimum absolute atomic E-state index is 0.121. The Hall–Kier alpha value is -1.84. The van der Waals surface area contributed by atoms with Gasteiger partial charge in [-0.15, -0.1) is 0 Å². The Balaban J connectivity index is 1.81. The lowest BCUT2D eigenvalue weighted by atomic mass is 9.91. The minimum atomic E-state index is -0.723. The number of hydrogen-bond donors (Lipinski definition) is 0. The van der Waals surface area contributed by atoms with Crippen molar-refractivity contribution in [3.8, 4) is 0 Å². The molecular weight excluding hydrogens is 326 g/mol. The predicted octanol–water partition coefficient (Wildman–Crippen LogP) is 4.27. The van der Waals surface area contributed by atoms with Gasteiger partial charge in [0.05, 0.1) is 6.61 Å². The van der Waals surface area contributed by atoms with Crippen LogP contribution in [0.5, 0.6) is 0 Å². The van der Waals surface area contributed by atoms with Crippen LogP contribution >= 0.6 is 0 Å². The summed E-state index contributed by atoms with van der Waals surface area (Å²) < 4.78 is 5.45. The van der Waals surface area contributed by atoms with Crippen LogP contribution in [0.2, 0.25) is 0 Å². The normalized spacial score (nSPS) is 19.4. The molecule has 1 aromatic carbocycles. The van der Waals surface area contributed by atoms with Crippen LogP contribution in [0.15, 0.2) is 30.3 Å². The zero-order valence-corrected chi connectivity index (χ0v) is 15.9. The van der Waals surface area contributed by atoms with Gasteiger partial charge in [-0.25, -0.2) is 4.79 Å². The molecule has 0 radical (unpaired) electrons. The molecule has 3 rings (SSSR count). The van der Waals surface area contributed by atoms with Crippen LogP contribution in [0.4, 0.5) is 0 Å². The summed E-state index contributed by atoms with van der Waals surface area (Å²) in [5, 5.41) is 0. The molecule has 0 aliphatic heterocycles. The Morgan fingerprint density at radius 2 is 1.73 bits per heavy atom. The molecule has 0 spiro atoms. The smallest absolute Gasteiger partial charge is 0.332 e. The fourth-order valence-electron chi connectivity index (χ4n) is 4.74. The van der Waals surface area contributed by atoms with E-state index < -0.39 is 5.54 Å². The van der Waals surface area contributed by atoms with Crippen LogP contribution in [-0.4, -0.2) is 35.0 Å². The molecule has 0 atom stereocenters. The highest BCUT2D eigenvalue weighted by Gasteiger charge is 2.51. The van der Waals surface area contributed by atoms with Gasteiger partial charge in [-0.1, -0.05) is 56.0 Å². The summed E-state index contributed by atoms with van der Waals surface area (Å²) in [5.41, 5.74) is 0.447. The Labute approximate surface area is 156 Å². The first-order valence-corrected chi connectivity index (χ1v) is 10.2. The summed E-state index contributed by atoms with van der Waals surface area (Å²) in [5.74, 6) is -0.0619. The molecule has 0 unspecified atom stereocenters. The van der Waals surface area contributed by atoms with Crippen LogP contribution in [0.1, 0.15) is 70.3 Å². The van der Waals surface area contributed by atoms with Gasteiger partial charge in [0.2, 0.25) is 5.91 Å². The van der Waals surface area contributed by atoms with Crippen molar-refractivity contribution in [2.45, 2.75) is 82.7 Å². The topological polar surface area (TPSA) is 46.6 Å². The summed E-state index contributed by atoms with van der Waals surface area (Å²) >= 11 is 0. The number of nitrogens with zero attached hydrogens (tertiary/aromatic N) is 1. The first kappa shape index (κ1) is 18.9. The van der Waals surface area contributed by atoms with Crippen molar-refractivity contribution < 1.29 is 14.3 Å². The standard InChI is InChI=1S/C22H31NO3/c1-2-26-21(25)22(16-8-9-17-22)23(19-12-6-7-13-19)20(24)15-14-18-10-4-3-5-11-18/h3-5,10-11,19H,2,6-9,12-17H2,1H3. The molecule has 1 aromatic rings. The zero-order chi connectivity index (χ0) is 18.4. The number of esters is 1. The number of amides is 1. The number of carbonyl (C=O) groups is 2. The highest BCUT2D eigenvalue weighted by molar-refractivity contribution is 5.89. The van der Waals surface area contributed by atoms with Gasteiger partial charge in [-0.2, -0.15) is 0 Å². The average molecular weight is 357 g/mol. The molecule has 2 fully saturated rings. The number of benzene rings is 1. The van der Waals surface area contributed by atoms with E-state index in [9.17, 15) is 9.59 Å². The van der Waals surface area contributed by atoms with Crippen molar-refractivity contribution in [3.05, 3.63) is 35.9 Å². The van der Waals surface area contributed by atoms with E-state index in [0.29, 0.717) is 13.0 Å². The van der Waals surface area contributed by atoms with E-state index in [2.05, 4.69) is 12.1 Å². The molecule has 142 valence electrons. The van der Waals surface area contributed by atoms with Crippen molar-refractivity contribution in [2.24, 2.45) is 0 Å². The Kier molecular flexibility index (Phi) is 6.33. The fourth-order valence-corrected chi connectivity index (χ4v) is 4.74. The highest BCUT2D eigenvalue weighted by atomic mass is 16.5. The first-order chi connectivity index (χ1) is 12.7. The van der Waals surface area contributed by atoms with Gasteiger partial charge in [-0.05, 0) is 44.6 Å². The third-order valence-electron chi connectivity index (χ3n) is 5.98. The molecule has 0 N–H and O–H groups in total. The molecule has 26 heavy (non-hydrogen) atoms. The maximum absolute atomic E-state index is 13.3. The molecule has 1 amide bonds. The van der Waals surface area contributed by atoms with Crippen LogP contribution in [0.25, 0.3) is 0 Å². The quantitative estimate of drug-likeness (QED) is 0.685. The van der Waals surface area contributed by atoms with E-state index in [-0.39, 0.29) is 17.9 Å². The number of rotatable bonds is 7. The third-order valence-corrected chi connectivity index (χ3v) is 5.98. The number of hydrogen-bond acceptors (Lipinski definition) is 3. The van der Waals surface area contributed by atoms with Crippen LogP contribution < -0.4 is 0 Å². The third kappa shape index (κ3) is 3.94. The second kappa shape index (κ2) is 8.70. The number of aryl methyl sites for hydroxylation is 1. The van der Waals surface area contributed by atoms with Gasteiger partial charge in [0.1, 0.15) is 5.54 Å². The average Bonchev–Trinajstić information content (AvgIpc) is 3.35. The van der Waals surface area contributed by atoms with Crippen molar-refractivity contribution in [2.75, 3.05) is 6.61 Å². The molecule has 2 aliphatic rings. The molecule has 4 nitrogen and oxygen atoms in total. The Morgan fingerprint density at radius 1 is 1.08 bits per heavy atom. The lowest BCUT2D eigenvalue weighted by molar-refractivity contribution is -0.166. The Bertz CT molecular complexity index is 601. The number of carbonyl (C=O) groups excluding carboxylic acids is 2. The van der Waals surface area contributed by atoms with E-state index in [0.717, 1.165) is 57.8 Å². The summed E-state index contributed by atoms with van der Waals surface area (Å²) in [6.07, 6.45) is 8.98. The van der Waals surface area contributed by atoms with Crippen LogP contribution in [0.3, 0.4) is 0 Å². The molecule has 0 aromatic heterocycles. The van der Waals surface area contributed by atoms with Crippen molar-refractivity contribution >= 4 is 11.9 Å². The highest BCUT2D eigenvalue weighted by Crippen LogP contribution is 2.41. The van der Waals surface area contributed by atoms with E-state index in [1.807, 2.05) is 30.0 Å². The number of ether oxygens (including phenoxy) is 1. The molecule has 0 bridgehead atoms. The van der Waals surface area contributed by atoms with Gasteiger partial charge in [-0.3, -0.25) is 4.79 Å². The van der Waals surface area contributed by atoms with Gasteiger partial charge < -0.3 is 9.64 Å². The van der Waals surface area contributed by atoms with Crippen LogP contribution in [-0.2, 0) is 20.7 Å². The summed E-state index contributed by atoms with van der Waals surface area (Å²) in [4.78, 5) is 28.2. The monoisotopic (exact) mass is 357 g/mol. The first-order valence-electron chi connectivity index (χ1n) is 10.2. The maximum atomic E-state index is 13.3. The molecular formula is C22H31NO3. The van der Waals surface area contributed by atoms with E-state index in [1.165, 1.54) is 5.56 Å². The lowest BCUT2D eigenvalue weighted by Gasteiger charge is -2.43. The fraction of sp³-hybridized carbons (Fsp3) is 0.636. The summed E-state index contributed by atoms with van der Waals surface area (Å²) in [6.45, 7) is 2.22. The van der Waals surface area contributed by atoms with E-state index in [1.54, 1.807) is 0 Å². The predicted molar refractivity (Wildman–Crippen MR) is 102 cm³/mol. The molecule has 2 aliphatic carbocycles. The largest absolute Gasteiger partial charge is 0.464 e. The second-order valence-electron chi connectivity index (χ2n) is 7.65. The molecule has 0 saturated heterocycles. The lowest BCUT2D eigenvalue weighted by Crippen LogP contribution is -2.59. The van der Waals surface area contributed by atoms with E-state index >= 15 is 0 Å². The zero-order valence-electron chi connectivity index (χ0n) is 15.9. The van der Waals surface area contributed by atoms with E-state index in [4.69, 9.17) is 4.74 Å². The van der Waals surface area contributed by atoms with Crippen molar-refractivity contribution in [1.82, 2.24) is 4.90 Å². The SMILES string of the molecule is CCOC(=O)C1(N(C(=O)CCc2ccccc2)C2CCCC2)CCCC1. The van der Waals surface area contributed by atoms with Gasteiger partial charge in [0.15, 0.2) is 0 Å².